The molecule has 0 fully saturated rings. The Balaban J connectivity index is 1.38. The Morgan fingerprint density at radius 2 is 1.67 bits per heavy atom. The molecule has 0 aliphatic carbocycles. The fourth-order valence-corrected chi connectivity index (χ4v) is 5.57. The Morgan fingerprint density at radius 3 is 2.35 bits per heavy atom. The second kappa shape index (κ2) is 18.6. The molecule has 4 rings (SSSR count). The number of urea groups is 1. The molecule has 1 heterocycles. The SMILES string of the molecule is CCOC(=O)c1ccc(COc2c(Br)cc(/C=N/N[C@@H](O)COc3ccc([C@@H]4NC(=O)NC(C)=C4C(=O)OC)cc3OCC)cc2OCC)cc1. The number of nitrogens with zero attached hydrogens (tertiary/aromatic N) is 1. The van der Waals surface area contributed by atoms with E-state index in [1.165, 1.54) is 13.3 Å². The van der Waals surface area contributed by atoms with Crippen LogP contribution in [0, 0.1) is 0 Å². The first kappa shape index (κ1) is 38.5. The number of hydrogen-bond donors (Lipinski definition) is 4. The molecule has 0 aromatic heterocycles. The van der Waals surface area contributed by atoms with Crippen molar-refractivity contribution in [3.63, 3.8) is 0 Å². The topological polar surface area (TPSA) is 175 Å². The average Bonchev–Trinajstić information content (AvgIpc) is 3.10. The van der Waals surface area contributed by atoms with Crippen LogP contribution in [0.1, 0.15) is 60.8 Å². The lowest BCUT2D eigenvalue weighted by Crippen LogP contribution is -2.45. The molecular weight excluding hydrogens is 728 g/mol. The van der Waals surface area contributed by atoms with Gasteiger partial charge in [-0.25, -0.2) is 14.4 Å². The van der Waals surface area contributed by atoms with E-state index in [9.17, 15) is 19.5 Å². The molecule has 2 atom stereocenters. The number of carbonyl (C=O) groups excluding carboxylic acids is 3. The lowest BCUT2D eigenvalue weighted by Gasteiger charge is -2.28. The number of nitrogens with one attached hydrogen (secondary N) is 3. The number of amides is 2. The summed E-state index contributed by atoms with van der Waals surface area (Å²) in [7, 11) is 1.27. The Labute approximate surface area is 304 Å². The number of carbonyl (C=O) groups is 3. The third-order valence-electron chi connectivity index (χ3n) is 7.29. The minimum atomic E-state index is -1.19. The highest BCUT2D eigenvalue weighted by atomic mass is 79.9. The van der Waals surface area contributed by atoms with E-state index in [-0.39, 0.29) is 24.8 Å². The number of aliphatic hydroxyl groups is 1. The number of esters is 2. The molecule has 14 nitrogen and oxygen atoms in total. The fourth-order valence-electron chi connectivity index (χ4n) is 4.99. The van der Waals surface area contributed by atoms with E-state index in [2.05, 4.69) is 37.1 Å². The molecule has 0 bridgehead atoms. The normalized spacial score (nSPS) is 14.6. The zero-order valence-electron chi connectivity index (χ0n) is 28.9. The summed E-state index contributed by atoms with van der Waals surface area (Å²) in [5.41, 5.74) is 5.81. The van der Waals surface area contributed by atoms with Gasteiger partial charge in [-0.3, -0.25) is 5.43 Å². The van der Waals surface area contributed by atoms with E-state index in [1.807, 2.05) is 6.92 Å². The van der Waals surface area contributed by atoms with Gasteiger partial charge in [0.2, 0.25) is 0 Å². The smallest absolute Gasteiger partial charge is 0.338 e. The first-order valence-corrected chi connectivity index (χ1v) is 17.0. The van der Waals surface area contributed by atoms with Gasteiger partial charge in [0.25, 0.3) is 0 Å². The Hall–Kier alpha value is -5.28. The second-order valence-corrected chi connectivity index (χ2v) is 11.7. The summed E-state index contributed by atoms with van der Waals surface area (Å²) in [5.74, 6) is 0.707. The highest BCUT2D eigenvalue weighted by Crippen LogP contribution is 2.38. The number of hydrogen-bond acceptors (Lipinski definition) is 12. The Bertz CT molecular complexity index is 1760. The van der Waals surface area contributed by atoms with Crippen molar-refractivity contribution in [1.82, 2.24) is 16.1 Å². The molecule has 51 heavy (non-hydrogen) atoms. The monoisotopic (exact) mass is 768 g/mol. The molecular formula is C36H41BrN4O10. The van der Waals surface area contributed by atoms with Crippen molar-refractivity contribution >= 4 is 40.1 Å². The summed E-state index contributed by atoms with van der Waals surface area (Å²) in [5, 5.41) is 20.0. The quantitative estimate of drug-likeness (QED) is 0.0621. The van der Waals surface area contributed by atoms with Crippen LogP contribution in [0.15, 0.2) is 75.4 Å². The van der Waals surface area contributed by atoms with Gasteiger partial charge in [-0.2, -0.15) is 5.10 Å². The number of halogens is 1. The highest BCUT2D eigenvalue weighted by Gasteiger charge is 2.32. The predicted octanol–water partition coefficient (Wildman–Crippen LogP) is 5.12. The Kier molecular flexibility index (Phi) is 14.1. The van der Waals surface area contributed by atoms with E-state index >= 15 is 0 Å². The van der Waals surface area contributed by atoms with Gasteiger partial charge < -0.3 is 44.2 Å². The third kappa shape index (κ3) is 10.4. The molecule has 272 valence electrons. The van der Waals surface area contributed by atoms with Crippen LogP contribution in [0.4, 0.5) is 4.79 Å². The van der Waals surface area contributed by atoms with Gasteiger partial charge in [0.05, 0.1) is 54.8 Å². The van der Waals surface area contributed by atoms with Crippen LogP contribution in [0.5, 0.6) is 23.0 Å². The summed E-state index contributed by atoms with van der Waals surface area (Å²) in [6, 6.07) is 14.3. The van der Waals surface area contributed by atoms with Crippen LogP contribution in [0.25, 0.3) is 0 Å². The lowest BCUT2D eigenvalue weighted by molar-refractivity contribution is -0.136. The molecule has 0 saturated heterocycles. The summed E-state index contributed by atoms with van der Waals surface area (Å²) in [6.07, 6.45) is 0.319. The predicted molar refractivity (Wildman–Crippen MR) is 191 cm³/mol. The van der Waals surface area contributed by atoms with Crippen LogP contribution >= 0.6 is 15.9 Å². The van der Waals surface area contributed by atoms with E-state index in [0.717, 1.165) is 5.56 Å². The van der Waals surface area contributed by atoms with Crippen LogP contribution in [-0.2, 0) is 20.9 Å². The van der Waals surface area contributed by atoms with Crippen molar-refractivity contribution < 1.29 is 47.9 Å². The fraction of sp³-hybridized carbons (Fsp3) is 0.333. The molecule has 3 aromatic carbocycles. The molecule has 0 unspecified atom stereocenters. The minimum Gasteiger partial charge on any atom is -0.490 e. The Morgan fingerprint density at radius 1 is 0.941 bits per heavy atom. The molecule has 0 saturated carbocycles. The average molecular weight is 770 g/mol. The summed E-state index contributed by atoms with van der Waals surface area (Å²) in [6.45, 7) is 8.10. The molecule has 2 amide bonds. The minimum absolute atomic E-state index is 0.186. The van der Waals surface area contributed by atoms with Crippen LogP contribution in [0.3, 0.4) is 0 Å². The van der Waals surface area contributed by atoms with E-state index < -0.39 is 24.3 Å². The van der Waals surface area contributed by atoms with Gasteiger partial charge >= 0.3 is 18.0 Å². The van der Waals surface area contributed by atoms with Crippen LogP contribution < -0.4 is 35.0 Å². The zero-order chi connectivity index (χ0) is 36.9. The maximum Gasteiger partial charge on any atom is 0.338 e. The van der Waals surface area contributed by atoms with Crippen molar-refractivity contribution in [2.24, 2.45) is 5.10 Å². The van der Waals surface area contributed by atoms with Crippen molar-refractivity contribution in [2.45, 2.75) is 46.6 Å². The van der Waals surface area contributed by atoms with E-state index in [1.54, 1.807) is 75.4 Å². The van der Waals surface area contributed by atoms with Gasteiger partial charge in [0.1, 0.15) is 13.2 Å². The maximum atomic E-state index is 12.5. The van der Waals surface area contributed by atoms with Gasteiger partial charge in [-0.05, 0) is 96.7 Å². The van der Waals surface area contributed by atoms with Crippen LogP contribution in [0.2, 0.25) is 0 Å². The number of methoxy groups -OCH3 is 1. The van der Waals surface area contributed by atoms with Gasteiger partial charge in [0, 0.05) is 5.70 Å². The number of rotatable bonds is 17. The third-order valence-corrected chi connectivity index (χ3v) is 7.88. The molecule has 15 heteroatoms. The lowest BCUT2D eigenvalue weighted by atomic mass is 9.95. The number of ether oxygens (including phenoxy) is 6. The molecule has 3 aromatic rings. The van der Waals surface area contributed by atoms with Crippen molar-refractivity contribution in [2.75, 3.05) is 33.5 Å². The summed E-state index contributed by atoms with van der Waals surface area (Å²) >= 11 is 3.55. The number of benzene rings is 3. The standard InChI is InChI=1S/C36H41BrN4O10/c1-6-47-28-17-25(32-31(35(44)46-5)21(4)39-36(45)40-32)13-14-27(28)50-20-30(42)41-38-18-23-15-26(37)33(29(16-23)48-7-2)51-19-22-9-11-24(12-10-22)34(43)49-8-3/h9-18,30,32,41-42H,6-8,19-20H2,1-5H3,(H2,39,40,45)/b38-18+/t30-,32-/m0/s1. The van der Waals surface area contributed by atoms with Crippen molar-refractivity contribution in [3.05, 3.63) is 92.6 Å². The van der Waals surface area contributed by atoms with Gasteiger partial charge in [0.15, 0.2) is 29.2 Å². The highest BCUT2D eigenvalue weighted by molar-refractivity contribution is 9.10. The van der Waals surface area contributed by atoms with Crippen molar-refractivity contribution in [3.8, 4) is 23.0 Å². The maximum absolute atomic E-state index is 12.5. The van der Waals surface area contributed by atoms with E-state index in [0.29, 0.717) is 69.7 Å². The molecule has 4 N–H and O–H groups in total. The second-order valence-electron chi connectivity index (χ2n) is 10.9. The molecule has 0 radical (unpaired) electrons. The summed E-state index contributed by atoms with van der Waals surface area (Å²) < 4.78 is 34.1. The largest absolute Gasteiger partial charge is 0.490 e. The molecule has 1 aliphatic rings. The first-order valence-electron chi connectivity index (χ1n) is 16.2. The number of hydrazone groups is 1. The van der Waals surface area contributed by atoms with Gasteiger partial charge in [-0.15, -0.1) is 0 Å². The first-order chi connectivity index (χ1) is 24.6. The molecule has 0 spiro atoms. The van der Waals surface area contributed by atoms with Crippen molar-refractivity contribution in [1.29, 1.82) is 0 Å². The zero-order valence-corrected chi connectivity index (χ0v) is 30.5. The molecule has 1 aliphatic heterocycles. The summed E-state index contributed by atoms with van der Waals surface area (Å²) in [4.78, 5) is 36.6. The van der Waals surface area contributed by atoms with E-state index in [4.69, 9.17) is 28.4 Å². The number of aliphatic hydroxyl groups excluding tert-OH is 1. The van der Waals surface area contributed by atoms with Gasteiger partial charge in [-0.1, -0.05) is 18.2 Å². The number of allylic oxidation sites excluding steroid dienone is 1. The van der Waals surface area contributed by atoms with Crippen LogP contribution in [-0.4, -0.2) is 69.1 Å².